The van der Waals surface area contributed by atoms with Gasteiger partial charge in [0.05, 0.1) is 12.8 Å². The summed E-state index contributed by atoms with van der Waals surface area (Å²) >= 11 is 6.00. The van der Waals surface area contributed by atoms with Gasteiger partial charge < -0.3 is 4.74 Å². The van der Waals surface area contributed by atoms with Crippen LogP contribution in [0.5, 0.6) is 5.88 Å². The molecule has 3 heteroatoms. The van der Waals surface area contributed by atoms with E-state index in [-0.39, 0.29) is 5.41 Å². The van der Waals surface area contributed by atoms with Gasteiger partial charge in [-0.3, -0.25) is 0 Å². The minimum Gasteiger partial charge on any atom is -0.480 e. The molecule has 0 atom stereocenters. The van der Waals surface area contributed by atoms with Crippen LogP contribution in [-0.4, -0.2) is 12.1 Å². The highest BCUT2D eigenvalue weighted by molar-refractivity contribution is 6.31. The average Bonchev–Trinajstić information content (AvgIpc) is 2.46. The zero-order valence-corrected chi connectivity index (χ0v) is 13.7. The molecular formula is C18H20ClNO. The molecular weight excluding hydrogens is 282 g/mol. The second-order valence-corrected chi connectivity index (χ2v) is 6.40. The maximum atomic E-state index is 6.00. The van der Waals surface area contributed by atoms with E-state index in [4.69, 9.17) is 16.3 Å². The summed E-state index contributed by atoms with van der Waals surface area (Å²) in [5.74, 6) is 0.418. The molecule has 0 saturated heterocycles. The number of pyridine rings is 1. The van der Waals surface area contributed by atoms with Crippen LogP contribution in [0.1, 0.15) is 37.6 Å². The third-order valence-corrected chi connectivity index (χ3v) is 3.70. The van der Waals surface area contributed by atoms with Gasteiger partial charge >= 0.3 is 0 Å². The quantitative estimate of drug-likeness (QED) is 0.786. The molecule has 0 N–H and O–H groups in total. The standard InChI is InChI=1S/C18H20ClNO/c1-12(16-11-10-15(19)17(20-16)21-5)13-6-8-14(9-7-13)18(2,3)4/h6-11H,1H2,2-5H3. The number of rotatable bonds is 3. The molecule has 0 amide bonds. The van der Waals surface area contributed by atoms with Crippen LogP contribution < -0.4 is 4.74 Å². The Morgan fingerprint density at radius 3 is 2.24 bits per heavy atom. The van der Waals surface area contributed by atoms with Gasteiger partial charge in [0.1, 0.15) is 5.02 Å². The molecule has 0 spiro atoms. The predicted octanol–water partition coefficient (Wildman–Crippen LogP) is 5.10. The normalized spacial score (nSPS) is 11.3. The Hall–Kier alpha value is -1.80. The van der Waals surface area contributed by atoms with Crippen molar-refractivity contribution < 1.29 is 4.74 Å². The van der Waals surface area contributed by atoms with E-state index >= 15 is 0 Å². The van der Waals surface area contributed by atoms with Crippen molar-refractivity contribution in [3.05, 3.63) is 64.8 Å². The Morgan fingerprint density at radius 1 is 1.10 bits per heavy atom. The number of nitrogens with zero attached hydrogens (tertiary/aromatic N) is 1. The van der Waals surface area contributed by atoms with Gasteiger partial charge in [0.25, 0.3) is 0 Å². The third kappa shape index (κ3) is 3.45. The van der Waals surface area contributed by atoms with Crippen molar-refractivity contribution in [1.29, 1.82) is 0 Å². The third-order valence-electron chi connectivity index (χ3n) is 3.42. The average molecular weight is 302 g/mol. The SMILES string of the molecule is C=C(c1ccc(C(C)(C)C)cc1)c1ccc(Cl)c(OC)n1. The van der Waals surface area contributed by atoms with Gasteiger partial charge in [-0.2, -0.15) is 0 Å². The largest absolute Gasteiger partial charge is 0.480 e. The molecule has 2 rings (SSSR count). The Labute approximate surface area is 131 Å². The van der Waals surface area contributed by atoms with Gasteiger partial charge in [-0.1, -0.05) is 63.2 Å². The maximum absolute atomic E-state index is 6.00. The molecule has 0 aliphatic carbocycles. The van der Waals surface area contributed by atoms with E-state index in [2.05, 4.69) is 56.6 Å². The molecule has 0 fully saturated rings. The topological polar surface area (TPSA) is 22.1 Å². The van der Waals surface area contributed by atoms with Crippen molar-refractivity contribution in [2.24, 2.45) is 0 Å². The molecule has 1 heterocycles. The van der Waals surface area contributed by atoms with E-state index in [1.807, 2.05) is 6.07 Å². The zero-order valence-electron chi connectivity index (χ0n) is 12.9. The highest BCUT2D eigenvalue weighted by Crippen LogP contribution is 2.28. The molecule has 1 aromatic carbocycles. The van der Waals surface area contributed by atoms with Crippen molar-refractivity contribution in [3.63, 3.8) is 0 Å². The van der Waals surface area contributed by atoms with E-state index in [0.717, 1.165) is 16.8 Å². The van der Waals surface area contributed by atoms with Crippen LogP contribution in [0.4, 0.5) is 0 Å². The summed E-state index contributed by atoms with van der Waals surface area (Å²) in [4.78, 5) is 4.38. The summed E-state index contributed by atoms with van der Waals surface area (Å²) < 4.78 is 5.15. The molecule has 21 heavy (non-hydrogen) atoms. The van der Waals surface area contributed by atoms with Crippen LogP contribution in [-0.2, 0) is 5.41 Å². The molecule has 0 radical (unpaired) electrons. The van der Waals surface area contributed by atoms with E-state index in [9.17, 15) is 0 Å². The van der Waals surface area contributed by atoms with Crippen molar-refractivity contribution in [2.75, 3.05) is 7.11 Å². The number of hydrogen-bond acceptors (Lipinski definition) is 2. The van der Waals surface area contributed by atoms with Crippen LogP contribution >= 0.6 is 11.6 Å². The van der Waals surface area contributed by atoms with Crippen molar-refractivity contribution >= 4 is 17.2 Å². The van der Waals surface area contributed by atoms with Gasteiger partial charge in [0.15, 0.2) is 0 Å². The van der Waals surface area contributed by atoms with Gasteiger partial charge in [-0.05, 0) is 28.7 Å². The Bertz CT molecular complexity index is 654. The highest BCUT2D eigenvalue weighted by Gasteiger charge is 2.14. The Balaban J connectivity index is 2.32. The van der Waals surface area contributed by atoms with Gasteiger partial charge in [0.2, 0.25) is 5.88 Å². The molecule has 0 aliphatic rings. The Morgan fingerprint density at radius 2 is 1.71 bits per heavy atom. The minimum absolute atomic E-state index is 0.140. The summed E-state index contributed by atoms with van der Waals surface area (Å²) in [6, 6.07) is 12.0. The molecule has 0 unspecified atom stereocenters. The van der Waals surface area contributed by atoms with Crippen LogP contribution in [0.25, 0.3) is 5.57 Å². The zero-order chi connectivity index (χ0) is 15.6. The van der Waals surface area contributed by atoms with E-state index < -0.39 is 0 Å². The Kier molecular flexibility index (Phi) is 4.38. The van der Waals surface area contributed by atoms with Gasteiger partial charge in [-0.25, -0.2) is 4.98 Å². The lowest BCUT2D eigenvalue weighted by molar-refractivity contribution is 0.398. The van der Waals surface area contributed by atoms with E-state index in [0.29, 0.717) is 10.9 Å². The number of aromatic nitrogens is 1. The number of benzene rings is 1. The first-order chi connectivity index (χ1) is 9.82. The molecule has 1 aromatic heterocycles. The van der Waals surface area contributed by atoms with E-state index in [1.165, 1.54) is 5.56 Å². The summed E-state index contributed by atoms with van der Waals surface area (Å²) in [5.41, 5.74) is 4.09. The van der Waals surface area contributed by atoms with Crippen molar-refractivity contribution in [3.8, 4) is 5.88 Å². The molecule has 0 saturated carbocycles. The summed E-state index contributed by atoms with van der Waals surface area (Å²) in [6.07, 6.45) is 0. The lowest BCUT2D eigenvalue weighted by Crippen LogP contribution is -2.10. The molecule has 0 bridgehead atoms. The lowest BCUT2D eigenvalue weighted by atomic mass is 9.86. The number of ether oxygens (including phenoxy) is 1. The fourth-order valence-corrected chi connectivity index (χ4v) is 2.24. The highest BCUT2D eigenvalue weighted by atomic mass is 35.5. The number of hydrogen-bond donors (Lipinski definition) is 0. The first kappa shape index (κ1) is 15.6. The van der Waals surface area contributed by atoms with Crippen molar-refractivity contribution in [1.82, 2.24) is 4.98 Å². The summed E-state index contributed by atoms with van der Waals surface area (Å²) in [6.45, 7) is 10.7. The summed E-state index contributed by atoms with van der Waals surface area (Å²) in [5, 5.41) is 0.497. The molecule has 0 aliphatic heterocycles. The van der Waals surface area contributed by atoms with Crippen LogP contribution in [0.3, 0.4) is 0 Å². The van der Waals surface area contributed by atoms with Crippen LogP contribution in [0.15, 0.2) is 43.0 Å². The molecule has 2 nitrogen and oxygen atoms in total. The molecule has 110 valence electrons. The second-order valence-electron chi connectivity index (χ2n) is 5.99. The first-order valence-electron chi connectivity index (χ1n) is 6.83. The fraction of sp³-hybridized carbons (Fsp3) is 0.278. The summed E-state index contributed by atoms with van der Waals surface area (Å²) in [7, 11) is 1.55. The van der Waals surface area contributed by atoms with Gasteiger partial charge in [0, 0.05) is 5.57 Å². The monoisotopic (exact) mass is 301 g/mol. The minimum atomic E-state index is 0.140. The second kappa shape index (κ2) is 5.90. The smallest absolute Gasteiger partial charge is 0.232 e. The van der Waals surface area contributed by atoms with Gasteiger partial charge in [-0.15, -0.1) is 0 Å². The van der Waals surface area contributed by atoms with E-state index in [1.54, 1.807) is 13.2 Å². The first-order valence-corrected chi connectivity index (χ1v) is 7.21. The van der Waals surface area contributed by atoms with Crippen molar-refractivity contribution in [2.45, 2.75) is 26.2 Å². The lowest BCUT2D eigenvalue weighted by Gasteiger charge is -2.19. The van der Waals surface area contributed by atoms with Crippen LogP contribution in [0.2, 0.25) is 5.02 Å². The molecule has 2 aromatic rings. The predicted molar refractivity (Wildman–Crippen MR) is 89.1 cm³/mol. The fourth-order valence-electron chi connectivity index (χ4n) is 2.05. The van der Waals surface area contributed by atoms with Crippen LogP contribution in [0, 0.1) is 0 Å². The number of halogens is 1. The maximum Gasteiger partial charge on any atom is 0.232 e. The number of methoxy groups -OCH3 is 1.